The summed E-state index contributed by atoms with van der Waals surface area (Å²) >= 11 is 0. The summed E-state index contributed by atoms with van der Waals surface area (Å²) in [5, 5.41) is 0. The molecule has 18 heavy (non-hydrogen) atoms. The van der Waals surface area contributed by atoms with Crippen molar-refractivity contribution in [2.24, 2.45) is 11.7 Å². The fourth-order valence-corrected chi connectivity index (χ4v) is 3.59. The minimum absolute atomic E-state index is 0.201. The number of rotatable bonds is 2. The van der Waals surface area contributed by atoms with Crippen LogP contribution in [0.3, 0.4) is 0 Å². The summed E-state index contributed by atoms with van der Waals surface area (Å²) in [6, 6.07) is 0. The van der Waals surface area contributed by atoms with Crippen LogP contribution >= 0.6 is 0 Å². The van der Waals surface area contributed by atoms with Gasteiger partial charge in [0.05, 0.1) is 5.92 Å². The van der Waals surface area contributed by atoms with E-state index in [4.69, 9.17) is 5.73 Å². The highest BCUT2D eigenvalue weighted by atomic mass is 19.4. The summed E-state index contributed by atoms with van der Waals surface area (Å²) in [7, 11) is 0. The van der Waals surface area contributed by atoms with Crippen molar-refractivity contribution in [3.8, 4) is 0 Å². The van der Waals surface area contributed by atoms with Gasteiger partial charge in [0, 0.05) is 12.1 Å². The number of halogens is 3. The molecular weight excluding hydrogens is 241 g/mol. The topological polar surface area (TPSA) is 29.3 Å². The Morgan fingerprint density at radius 2 is 1.78 bits per heavy atom. The Balaban J connectivity index is 2.10. The summed E-state index contributed by atoms with van der Waals surface area (Å²) in [5.41, 5.74) is 5.48. The Hall–Kier alpha value is -0.290. The van der Waals surface area contributed by atoms with Crippen LogP contribution in [0.15, 0.2) is 0 Å². The Morgan fingerprint density at radius 1 is 1.11 bits per heavy atom. The zero-order valence-corrected chi connectivity index (χ0v) is 10.8. The van der Waals surface area contributed by atoms with E-state index in [9.17, 15) is 13.2 Å². The Kier molecular flexibility index (Phi) is 4.22. The van der Waals surface area contributed by atoms with Gasteiger partial charge in [0.25, 0.3) is 0 Å². The molecule has 5 heteroatoms. The smallest absolute Gasteiger partial charge is 0.329 e. The molecule has 1 aliphatic heterocycles. The van der Waals surface area contributed by atoms with Crippen molar-refractivity contribution < 1.29 is 13.2 Å². The number of likely N-dealkylation sites (tertiary alicyclic amines) is 1. The lowest BCUT2D eigenvalue weighted by molar-refractivity contribution is -0.194. The van der Waals surface area contributed by atoms with Crippen molar-refractivity contribution in [2.75, 3.05) is 19.6 Å². The third kappa shape index (κ3) is 2.82. The molecule has 2 rings (SSSR count). The van der Waals surface area contributed by atoms with Gasteiger partial charge in [-0.05, 0) is 45.2 Å². The van der Waals surface area contributed by atoms with Crippen molar-refractivity contribution in [2.45, 2.75) is 56.7 Å². The molecule has 2 nitrogen and oxygen atoms in total. The predicted octanol–water partition coefficient (Wildman–Crippen LogP) is 2.92. The molecule has 2 N–H and O–H groups in total. The van der Waals surface area contributed by atoms with E-state index >= 15 is 0 Å². The van der Waals surface area contributed by atoms with Gasteiger partial charge in [-0.1, -0.05) is 12.8 Å². The van der Waals surface area contributed by atoms with E-state index in [1.165, 1.54) is 6.42 Å². The molecule has 1 heterocycles. The van der Waals surface area contributed by atoms with E-state index in [-0.39, 0.29) is 12.8 Å². The van der Waals surface area contributed by atoms with E-state index in [2.05, 4.69) is 4.90 Å². The predicted molar refractivity (Wildman–Crippen MR) is 65.2 cm³/mol. The average molecular weight is 264 g/mol. The summed E-state index contributed by atoms with van der Waals surface area (Å²) in [6.07, 6.45) is 1.29. The van der Waals surface area contributed by atoms with Gasteiger partial charge >= 0.3 is 6.18 Å². The lowest BCUT2D eigenvalue weighted by Gasteiger charge is -2.49. The van der Waals surface area contributed by atoms with Crippen LogP contribution in [0.1, 0.15) is 44.9 Å². The molecule has 2 atom stereocenters. The highest BCUT2D eigenvalue weighted by molar-refractivity contribution is 4.98. The van der Waals surface area contributed by atoms with Gasteiger partial charge in [-0.15, -0.1) is 0 Å². The van der Waals surface area contributed by atoms with Crippen LogP contribution in [-0.2, 0) is 0 Å². The van der Waals surface area contributed by atoms with Crippen LogP contribution in [-0.4, -0.2) is 36.2 Å². The quantitative estimate of drug-likeness (QED) is 0.831. The molecule has 2 aliphatic rings. The number of alkyl halides is 3. The summed E-state index contributed by atoms with van der Waals surface area (Å²) < 4.78 is 38.8. The molecule has 0 spiro atoms. The van der Waals surface area contributed by atoms with Crippen LogP contribution in [0.25, 0.3) is 0 Å². The van der Waals surface area contributed by atoms with Gasteiger partial charge in [-0.3, -0.25) is 4.90 Å². The van der Waals surface area contributed by atoms with Crippen molar-refractivity contribution in [3.05, 3.63) is 0 Å². The minimum Gasteiger partial charge on any atom is -0.329 e. The van der Waals surface area contributed by atoms with Crippen molar-refractivity contribution in [1.29, 1.82) is 0 Å². The highest BCUT2D eigenvalue weighted by Gasteiger charge is 2.49. The molecule has 0 aromatic carbocycles. The lowest BCUT2D eigenvalue weighted by atomic mass is 9.73. The van der Waals surface area contributed by atoms with E-state index in [0.717, 1.165) is 32.4 Å². The van der Waals surface area contributed by atoms with Crippen molar-refractivity contribution >= 4 is 0 Å². The zero-order valence-electron chi connectivity index (χ0n) is 10.8. The third-order valence-corrected chi connectivity index (χ3v) is 4.69. The van der Waals surface area contributed by atoms with E-state index in [1.54, 1.807) is 0 Å². The van der Waals surface area contributed by atoms with E-state index in [0.29, 0.717) is 13.0 Å². The number of hydrogen-bond acceptors (Lipinski definition) is 2. The fourth-order valence-electron chi connectivity index (χ4n) is 3.59. The standard InChI is InChI=1S/C13H23F3N2/c14-13(15,16)11-5-4-6-12(9-11,10-17)18-7-2-1-3-8-18/h11H,1-10,17H2. The van der Waals surface area contributed by atoms with Crippen molar-refractivity contribution in [3.63, 3.8) is 0 Å². The molecule has 0 aromatic heterocycles. The molecule has 106 valence electrons. The highest BCUT2D eigenvalue weighted by Crippen LogP contribution is 2.44. The third-order valence-electron chi connectivity index (χ3n) is 4.69. The van der Waals surface area contributed by atoms with Gasteiger partial charge in [0.1, 0.15) is 0 Å². The minimum atomic E-state index is -4.06. The van der Waals surface area contributed by atoms with Gasteiger partial charge in [0.2, 0.25) is 0 Å². The summed E-state index contributed by atoms with van der Waals surface area (Å²) in [5.74, 6) is -1.16. The normalized spacial score (nSPS) is 35.7. The molecule has 0 bridgehead atoms. The zero-order chi connectivity index (χ0) is 13.2. The molecule has 1 saturated carbocycles. The van der Waals surface area contributed by atoms with E-state index in [1.807, 2.05) is 0 Å². The molecule has 0 aromatic rings. The number of nitrogens with zero attached hydrogens (tertiary/aromatic N) is 1. The Labute approximate surface area is 107 Å². The van der Waals surface area contributed by atoms with Gasteiger partial charge in [-0.25, -0.2) is 0 Å². The maximum atomic E-state index is 12.9. The molecule has 0 amide bonds. The van der Waals surface area contributed by atoms with Crippen LogP contribution in [0.2, 0.25) is 0 Å². The van der Waals surface area contributed by atoms with Gasteiger partial charge in [-0.2, -0.15) is 13.2 Å². The van der Waals surface area contributed by atoms with Crippen LogP contribution in [0.5, 0.6) is 0 Å². The second-order valence-electron chi connectivity index (χ2n) is 5.81. The van der Waals surface area contributed by atoms with Crippen LogP contribution < -0.4 is 5.73 Å². The summed E-state index contributed by atoms with van der Waals surface area (Å²) in [4.78, 5) is 2.24. The molecular formula is C13H23F3N2. The monoisotopic (exact) mass is 264 g/mol. The largest absolute Gasteiger partial charge is 0.391 e. The fraction of sp³-hybridized carbons (Fsp3) is 1.00. The van der Waals surface area contributed by atoms with Crippen LogP contribution in [0, 0.1) is 5.92 Å². The average Bonchev–Trinajstić information content (AvgIpc) is 2.39. The van der Waals surface area contributed by atoms with Crippen molar-refractivity contribution in [1.82, 2.24) is 4.90 Å². The lowest BCUT2D eigenvalue weighted by Crippen LogP contribution is -2.58. The first-order valence-corrected chi connectivity index (χ1v) is 7.00. The molecule has 2 fully saturated rings. The number of hydrogen-bond donors (Lipinski definition) is 1. The second kappa shape index (κ2) is 5.37. The second-order valence-corrected chi connectivity index (χ2v) is 5.81. The number of nitrogens with two attached hydrogens (primary N) is 1. The van der Waals surface area contributed by atoms with Gasteiger partial charge < -0.3 is 5.73 Å². The Bertz CT molecular complexity index is 274. The summed E-state index contributed by atoms with van der Waals surface area (Å²) in [6.45, 7) is 2.20. The maximum absolute atomic E-state index is 12.9. The maximum Gasteiger partial charge on any atom is 0.391 e. The molecule has 1 aliphatic carbocycles. The first kappa shape index (κ1) is 14.1. The van der Waals surface area contributed by atoms with Gasteiger partial charge in [0.15, 0.2) is 0 Å². The molecule has 2 unspecified atom stereocenters. The van der Waals surface area contributed by atoms with Crippen LogP contribution in [0.4, 0.5) is 13.2 Å². The molecule has 1 saturated heterocycles. The Morgan fingerprint density at radius 3 is 2.33 bits per heavy atom. The first-order valence-electron chi connectivity index (χ1n) is 7.00. The SMILES string of the molecule is NCC1(N2CCCCC2)CCCC(C(F)(F)F)C1. The molecule has 0 radical (unpaired) electrons. The first-order chi connectivity index (χ1) is 8.48. The van der Waals surface area contributed by atoms with E-state index < -0.39 is 17.6 Å². The number of piperidine rings is 1.